The minimum atomic E-state index is 0.544. The van der Waals surface area contributed by atoms with Gasteiger partial charge in [0.1, 0.15) is 0 Å². The van der Waals surface area contributed by atoms with E-state index >= 15 is 0 Å². The number of benzene rings is 1. The zero-order chi connectivity index (χ0) is 15.7. The molecule has 0 saturated carbocycles. The molecule has 0 amide bonds. The van der Waals surface area contributed by atoms with Crippen LogP contribution < -0.4 is 10.6 Å². The van der Waals surface area contributed by atoms with Gasteiger partial charge in [-0.1, -0.05) is 37.6 Å². The molecule has 0 fully saturated rings. The van der Waals surface area contributed by atoms with Gasteiger partial charge >= 0.3 is 0 Å². The first-order valence-electron chi connectivity index (χ1n) is 7.83. The predicted molar refractivity (Wildman–Crippen MR) is 95.4 cm³/mol. The van der Waals surface area contributed by atoms with Crippen LogP contribution >= 0.6 is 12.2 Å². The van der Waals surface area contributed by atoms with Crippen LogP contribution in [-0.2, 0) is 13.1 Å². The molecule has 0 heterocycles. The summed E-state index contributed by atoms with van der Waals surface area (Å²) in [4.78, 5) is 2.34. The number of nitrogens with one attached hydrogen (secondary N) is 2. The highest BCUT2D eigenvalue weighted by Gasteiger charge is 2.08. The molecular formula is C17H29N3S. The molecule has 0 aromatic heterocycles. The summed E-state index contributed by atoms with van der Waals surface area (Å²) in [5, 5.41) is 7.29. The Balaban J connectivity index is 2.53. The van der Waals surface area contributed by atoms with Crippen molar-refractivity contribution in [1.29, 1.82) is 0 Å². The summed E-state index contributed by atoms with van der Waals surface area (Å²) in [6.07, 6.45) is 2.33. The Kier molecular flexibility index (Phi) is 8.31. The fourth-order valence-electron chi connectivity index (χ4n) is 1.95. The van der Waals surface area contributed by atoms with Gasteiger partial charge in [-0.15, -0.1) is 0 Å². The summed E-state index contributed by atoms with van der Waals surface area (Å²) in [6.45, 7) is 9.30. The van der Waals surface area contributed by atoms with Crippen molar-refractivity contribution in [3.8, 4) is 0 Å². The number of nitrogens with zero attached hydrogens (tertiary/aromatic N) is 1. The lowest BCUT2D eigenvalue weighted by Crippen LogP contribution is -2.35. The van der Waals surface area contributed by atoms with E-state index in [-0.39, 0.29) is 0 Å². The molecule has 118 valence electrons. The highest BCUT2D eigenvalue weighted by Crippen LogP contribution is 2.12. The van der Waals surface area contributed by atoms with E-state index in [2.05, 4.69) is 67.6 Å². The Bertz CT molecular complexity index is 432. The maximum absolute atomic E-state index is 5.31. The Morgan fingerprint density at radius 3 is 2.48 bits per heavy atom. The number of unbranched alkanes of at least 4 members (excludes halogenated alkanes) is 1. The SMILES string of the molecule is CCCCNC(=S)NCc1ccccc1CN(C)C(C)C. The van der Waals surface area contributed by atoms with Crippen molar-refractivity contribution in [2.75, 3.05) is 13.6 Å². The van der Waals surface area contributed by atoms with Crippen LogP contribution in [0.25, 0.3) is 0 Å². The van der Waals surface area contributed by atoms with Gasteiger partial charge in [-0.05, 0) is 50.7 Å². The van der Waals surface area contributed by atoms with Crippen LogP contribution in [0.3, 0.4) is 0 Å². The highest BCUT2D eigenvalue weighted by atomic mass is 32.1. The van der Waals surface area contributed by atoms with Gasteiger partial charge in [0.05, 0.1) is 0 Å². The molecular weight excluding hydrogens is 278 g/mol. The van der Waals surface area contributed by atoms with Crippen LogP contribution in [0, 0.1) is 0 Å². The molecule has 21 heavy (non-hydrogen) atoms. The van der Waals surface area contributed by atoms with E-state index < -0.39 is 0 Å². The van der Waals surface area contributed by atoms with Crippen LogP contribution in [0.5, 0.6) is 0 Å². The maximum Gasteiger partial charge on any atom is 0.166 e. The Morgan fingerprint density at radius 1 is 1.19 bits per heavy atom. The summed E-state index contributed by atoms with van der Waals surface area (Å²) in [5.41, 5.74) is 2.67. The summed E-state index contributed by atoms with van der Waals surface area (Å²) in [7, 11) is 2.16. The van der Waals surface area contributed by atoms with E-state index in [0.717, 1.165) is 31.2 Å². The van der Waals surface area contributed by atoms with Crippen LogP contribution in [0.4, 0.5) is 0 Å². The monoisotopic (exact) mass is 307 g/mol. The first-order chi connectivity index (χ1) is 10.0. The number of hydrogen-bond acceptors (Lipinski definition) is 2. The molecule has 0 spiro atoms. The van der Waals surface area contributed by atoms with Gasteiger partial charge in [-0.2, -0.15) is 0 Å². The molecule has 0 aliphatic carbocycles. The summed E-state index contributed by atoms with van der Waals surface area (Å²) < 4.78 is 0. The highest BCUT2D eigenvalue weighted by molar-refractivity contribution is 7.80. The normalized spacial score (nSPS) is 11.0. The van der Waals surface area contributed by atoms with E-state index in [9.17, 15) is 0 Å². The molecule has 0 aliphatic heterocycles. The fraction of sp³-hybridized carbons (Fsp3) is 0.588. The van der Waals surface area contributed by atoms with E-state index in [1.54, 1.807) is 0 Å². The van der Waals surface area contributed by atoms with Crippen LogP contribution in [0.15, 0.2) is 24.3 Å². The smallest absolute Gasteiger partial charge is 0.166 e. The minimum absolute atomic E-state index is 0.544. The first-order valence-corrected chi connectivity index (χ1v) is 8.24. The Hall–Kier alpha value is -1.13. The van der Waals surface area contributed by atoms with Crippen LogP contribution in [-0.4, -0.2) is 29.6 Å². The zero-order valence-electron chi connectivity index (χ0n) is 13.8. The van der Waals surface area contributed by atoms with E-state index in [1.165, 1.54) is 17.5 Å². The molecule has 3 nitrogen and oxygen atoms in total. The molecule has 1 aromatic carbocycles. The molecule has 0 unspecified atom stereocenters. The summed E-state index contributed by atoms with van der Waals surface area (Å²) in [6, 6.07) is 9.10. The third-order valence-corrected chi connectivity index (χ3v) is 3.96. The number of hydrogen-bond donors (Lipinski definition) is 2. The zero-order valence-corrected chi connectivity index (χ0v) is 14.6. The third kappa shape index (κ3) is 6.91. The van der Waals surface area contributed by atoms with Gasteiger partial charge in [-0.25, -0.2) is 0 Å². The lowest BCUT2D eigenvalue weighted by molar-refractivity contribution is 0.265. The van der Waals surface area contributed by atoms with E-state index in [1.807, 2.05) is 0 Å². The fourth-order valence-corrected chi connectivity index (χ4v) is 2.13. The lowest BCUT2D eigenvalue weighted by Gasteiger charge is -2.22. The van der Waals surface area contributed by atoms with Gasteiger partial charge in [-0.3, -0.25) is 4.90 Å². The second kappa shape index (κ2) is 9.74. The largest absolute Gasteiger partial charge is 0.363 e. The molecule has 1 rings (SSSR count). The van der Waals surface area contributed by atoms with Crippen molar-refractivity contribution < 1.29 is 0 Å². The molecule has 0 atom stereocenters. The van der Waals surface area contributed by atoms with Gasteiger partial charge < -0.3 is 10.6 Å². The van der Waals surface area contributed by atoms with Crippen molar-refractivity contribution in [2.24, 2.45) is 0 Å². The molecule has 1 aromatic rings. The number of thiocarbonyl (C=S) groups is 1. The Morgan fingerprint density at radius 2 is 1.86 bits per heavy atom. The second-order valence-electron chi connectivity index (χ2n) is 5.74. The predicted octanol–water partition coefficient (Wildman–Crippen LogP) is 3.29. The molecule has 0 aliphatic rings. The third-order valence-electron chi connectivity index (χ3n) is 3.67. The number of rotatable bonds is 8. The minimum Gasteiger partial charge on any atom is -0.363 e. The molecule has 0 saturated heterocycles. The standard InChI is InChI=1S/C17H29N3S/c1-5-6-11-18-17(21)19-12-15-9-7-8-10-16(15)13-20(4)14(2)3/h7-10,14H,5-6,11-13H2,1-4H3,(H2,18,19,21). The maximum atomic E-state index is 5.31. The summed E-state index contributed by atoms with van der Waals surface area (Å²) >= 11 is 5.31. The van der Waals surface area contributed by atoms with Crippen molar-refractivity contribution in [3.63, 3.8) is 0 Å². The molecule has 4 heteroatoms. The molecule has 0 bridgehead atoms. The van der Waals surface area contributed by atoms with Crippen molar-refractivity contribution in [1.82, 2.24) is 15.5 Å². The second-order valence-corrected chi connectivity index (χ2v) is 6.15. The lowest BCUT2D eigenvalue weighted by atomic mass is 10.1. The van der Waals surface area contributed by atoms with Crippen molar-refractivity contribution >= 4 is 17.3 Å². The average molecular weight is 308 g/mol. The van der Waals surface area contributed by atoms with Gasteiger partial charge in [0.2, 0.25) is 0 Å². The van der Waals surface area contributed by atoms with E-state index in [4.69, 9.17) is 12.2 Å². The van der Waals surface area contributed by atoms with Gasteiger partial charge in [0, 0.05) is 25.7 Å². The van der Waals surface area contributed by atoms with Crippen LogP contribution in [0.1, 0.15) is 44.7 Å². The van der Waals surface area contributed by atoms with Gasteiger partial charge in [0.25, 0.3) is 0 Å². The molecule has 0 radical (unpaired) electrons. The van der Waals surface area contributed by atoms with Crippen LogP contribution in [0.2, 0.25) is 0 Å². The quantitative estimate of drug-likeness (QED) is 0.569. The summed E-state index contributed by atoms with van der Waals surface area (Å²) in [5.74, 6) is 0. The first kappa shape index (κ1) is 17.9. The Labute approximate surface area is 135 Å². The topological polar surface area (TPSA) is 27.3 Å². The molecule has 2 N–H and O–H groups in total. The van der Waals surface area contributed by atoms with Crippen molar-refractivity contribution in [2.45, 2.75) is 52.7 Å². The van der Waals surface area contributed by atoms with Crippen molar-refractivity contribution in [3.05, 3.63) is 35.4 Å². The van der Waals surface area contributed by atoms with E-state index in [0.29, 0.717) is 6.04 Å². The average Bonchev–Trinajstić information content (AvgIpc) is 2.46. The van der Waals surface area contributed by atoms with Gasteiger partial charge in [0.15, 0.2) is 5.11 Å².